The van der Waals surface area contributed by atoms with Crippen molar-refractivity contribution in [2.24, 2.45) is 0 Å². The zero-order valence-corrected chi connectivity index (χ0v) is 15.7. The molecule has 0 unspecified atom stereocenters. The second-order valence-electron chi connectivity index (χ2n) is 5.54. The van der Waals surface area contributed by atoms with Crippen LogP contribution in [-0.2, 0) is 0 Å². The monoisotopic (exact) mass is 436 g/mol. The molecule has 0 aliphatic heterocycles. The van der Waals surface area contributed by atoms with Gasteiger partial charge < -0.3 is 0 Å². The number of anilines is 4. The van der Waals surface area contributed by atoms with Crippen molar-refractivity contribution in [2.45, 2.75) is 0 Å². The van der Waals surface area contributed by atoms with Gasteiger partial charge in [-0.05, 0) is 42.5 Å². The Balaban J connectivity index is 2.12. The van der Waals surface area contributed by atoms with Crippen LogP contribution >= 0.6 is 22.7 Å². The van der Waals surface area contributed by atoms with Crippen molar-refractivity contribution in [3.63, 3.8) is 0 Å². The highest BCUT2D eigenvalue weighted by atomic mass is 32.3. The van der Waals surface area contributed by atoms with Gasteiger partial charge in [0.15, 0.2) is 0 Å². The van der Waals surface area contributed by atoms with E-state index in [0.29, 0.717) is 0 Å². The van der Waals surface area contributed by atoms with Gasteiger partial charge in [0.05, 0.1) is 22.7 Å². The summed E-state index contributed by atoms with van der Waals surface area (Å²) in [5.41, 5.74) is -1.08. The fourth-order valence-electron chi connectivity index (χ4n) is 2.65. The molecule has 0 N–H and O–H groups in total. The van der Waals surface area contributed by atoms with E-state index in [4.69, 9.17) is 0 Å². The maximum atomic E-state index is 13.8. The van der Waals surface area contributed by atoms with Crippen LogP contribution in [-0.4, -0.2) is 0 Å². The molecular weight excluding hydrogens is 422 g/mol. The van der Waals surface area contributed by atoms with Crippen LogP contribution < -0.4 is 8.61 Å². The molecular formula is C18H14F6N2S2. The normalized spacial score (nSPS) is 13.1. The Morgan fingerprint density at radius 2 is 0.750 bits per heavy atom. The minimum Gasteiger partial charge on any atom is -0.229 e. The molecule has 0 amide bonds. The van der Waals surface area contributed by atoms with E-state index < -0.39 is 22.7 Å². The molecule has 0 bridgehead atoms. The molecule has 150 valence electrons. The summed E-state index contributed by atoms with van der Waals surface area (Å²) >= 11 is -11.5. The zero-order chi connectivity index (χ0) is 20.4. The maximum absolute atomic E-state index is 13.8. The molecule has 0 heterocycles. The molecule has 0 aliphatic carbocycles. The number of hydrogen-bond donors (Lipinski definition) is 0. The predicted octanol–water partition coefficient (Wildman–Crippen LogP) is 8.71. The molecule has 3 aromatic carbocycles. The van der Waals surface area contributed by atoms with Crippen molar-refractivity contribution in [1.29, 1.82) is 0 Å². The van der Waals surface area contributed by atoms with Gasteiger partial charge in [-0.2, -0.15) is 0 Å². The minimum absolute atomic E-state index is 0.130. The fourth-order valence-corrected chi connectivity index (χ4v) is 4.08. The molecule has 0 atom stereocenters. The van der Waals surface area contributed by atoms with Crippen molar-refractivity contribution >= 4 is 45.5 Å². The largest absolute Gasteiger partial charge is 0.306 e. The molecule has 0 saturated carbocycles. The summed E-state index contributed by atoms with van der Waals surface area (Å²) in [6.45, 7) is 0. The van der Waals surface area contributed by atoms with Crippen LogP contribution in [0.1, 0.15) is 0 Å². The van der Waals surface area contributed by atoms with Crippen molar-refractivity contribution in [1.82, 2.24) is 0 Å². The van der Waals surface area contributed by atoms with E-state index >= 15 is 0 Å². The highest BCUT2D eigenvalue weighted by Crippen LogP contribution is 2.64. The summed E-state index contributed by atoms with van der Waals surface area (Å²) in [5.74, 6) is 0. The average Bonchev–Trinajstić information content (AvgIpc) is 2.62. The summed E-state index contributed by atoms with van der Waals surface area (Å²) in [7, 11) is 0. The van der Waals surface area contributed by atoms with E-state index in [1.807, 2.05) is 0 Å². The molecule has 0 fully saturated rings. The third-order valence-electron chi connectivity index (χ3n) is 3.69. The fraction of sp³-hybridized carbons (Fsp3) is 0. The lowest BCUT2D eigenvalue weighted by Gasteiger charge is -2.32. The topological polar surface area (TPSA) is 6.48 Å². The van der Waals surface area contributed by atoms with Gasteiger partial charge in [0.2, 0.25) is 0 Å². The van der Waals surface area contributed by atoms with Gasteiger partial charge in [-0.3, -0.25) is 0 Å². The van der Waals surface area contributed by atoms with E-state index in [1.54, 1.807) is 12.1 Å². The first-order valence-corrected chi connectivity index (χ1v) is 10.4. The highest BCUT2D eigenvalue weighted by Gasteiger charge is 2.36. The standard InChI is InChI=1S/C18H14F6N2S2/c19-27(20,21)25(15-8-3-1-4-9-15)17-12-7-13-18(14-17)26(28(22,23)24)16-10-5-2-6-11-16/h1-14H. The summed E-state index contributed by atoms with van der Waals surface area (Å²) in [6, 6.07) is 18.3. The molecule has 0 radical (unpaired) electrons. The second-order valence-corrected chi connectivity index (χ2v) is 7.80. The number of rotatable bonds is 6. The first kappa shape index (κ1) is 20.3. The van der Waals surface area contributed by atoms with Gasteiger partial charge in [0.1, 0.15) is 0 Å². The number of benzene rings is 3. The van der Waals surface area contributed by atoms with E-state index in [9.17, 15) is 23.3 Å². The first-order valence-electron chi connectivity index (χ1n) is 7.83. The average molecular weight is 436 g/mol. The lowest BCUT2D eigenvalue weighted by Crippen LogP contribution is -2.16. The molecule has 28 heavy (non-hydrogen) atoms. The maximum Gasteiger partial charge on any atom is 0.306 e. The van der Waals surface area contributed by atoms with Crippen molar-refractivity contribution in [3.8, 4) is 0 Å². The van der Waals surface area contributed by atoms with Gasteiger partial charge in [0, 0.05) is 0 Å². The smallest absolute Gasteiger partial charge is 0.229 e. The van der Waals surface area contributed by atoms with Crippen LogP contribution in [0.25, 0.3) is 0 Å². The predicted molar refractivity (Wildman–Crippen MR) is 105 cm³/mol. The van der Waals surface area contributed by atoms with Crippen molar-refractivity contribution < 1.29 is 23.3 Å². The van der Waals surface area contributed by atoms with Gasteiger partial charge in [-0.15, -0.1) is 23.3 Å². The van der Waals surface area contributed by atoms with E-state index in [2.05, 4.69) is 0 Å². The second kappa shape index (κ2) is 7.88. The van der Waals surface area contributed by atoms with Gasteiger partial charge >= 0.3 is 22.7 Å². The molecule has 0 aliphatic rings. The number of hydrogen-bond acceptors (Lipinski definition) is 2. The molecule has 3 aromatic rings. The zero-order valence-electron chi connectivity index (χ0n) is 14.1. The Hall–Kier alpha value is -2.46. The SMILES string of the molecule is FS(F)(F)N(c1ccccc1)c1cccc(N(c2ccccc2)S(F)(F)F)c1. The summed E-state index contributed by atoms with van der Waals surface area (Å²) < 4.78 is 82.8. The van der Waals surface area contributed by atoms with Crippen LogP contribution in [0.3, 0.4) is 0 Å². The highest BCUT2D eigenvalue weighted by molar-refractivity contribution is 8.22. The molecule has 0 saturated heterocycles. The van der Waals surface area contributed by atoms with E-state index in [1.165, 1.54) is 54.6 Å². The van der Waals surface area contributed by atoms with E-state index in [0.717, 1.165) is 18.2 Å². The Labute approximate surface area is 162 Å². The molecule has 3 rings (SSSR count). The van der Waals surface area contributed by atoms with E-state index in [-0.39, 0.29) is 31.4 Å². The van der Waals surface area contributed by atoms with Crippen LogP contribution in [0.4, 0.5) is 46.1 Å². The van der Waals surface area contributed by atoms with Crippen LogP contribution in [0.15, 0.2) is 84.9 Å². The quantitative estimate of drug-likeness (QED) is 0.357. The van der Waals surface area contributed by atoms with Gasteiger partial charge in [0.25, 0.3) is 0 Å². The summed E-state index contributed by atoms with van der Waals surface area (Å²) in [5, 5.41) is 0. The molecule has 2 nitrogen and oxygen atoms in total. The minimum atomic E-state index is -5.77. The molecule has 10 heteroatoms. The van der Waals surface area contributed by atoms with Crippen LogP contribution in [0.2, 0.25) is 0 Å². The third-order valence-corrected chi connectivity index (χ3v) is 5.37. The van der Waals surface area contributed by atoms with Crippen LogP contribution in [0, 0.1) is 0 Å². The number of para-hydroxylation sites is 2. The number of halogens is 6. The lowest BCUT2D eigenvalue weighted by molar-refractivity contribution is 0.632. The Bertz CT molecular complexity index is 844. The lowest BCUT2D eigenvalue weighted by atomic mass is 10.2. The Morgan fingerprint density at radius 3 is 1.07 bits per heavy atom. The van der Waals surface area contributed by atoms with Gasteiger partial charge in [-0.25, -0.2) is 8.61 Å². The molecule has 0 spiro atoms. The van der Waals surface area contributed by atoms with Gasteiger partial charge in [-0.1, -0.05) is 42.5 Å². The van der Waals surface area contributed by atoms with Crippen molar-refractivity contribution in [2.75, 3.05) is 8.61 Å². The first-order chi connectivity index (χ1) is 13.2. The Morgan fingerprint density at radius 1 is 0.429 bits per heavy atom. The summed E-state index contributed by atoms with van der Waals surface area (Å²) in [4.78, 5) is 0. The Kier molecular flexibility index (Phi) is 5.71. The third kappa shape index (κ3) is 4.50. The molecule has 0 aromatic heterocycles. The number of nitrogens with zero attached hydrogens (tertiary/aromatic N) is 2. The van der Waals surface area contributed by atoms with Crippen molar-refractivity contribution in [3.05, 3.63) is 84.9 Å². The summed E-state index contributed by atoms with van der Waals surface area (Å²) in [6.07, 6.45) is 0. The van der Waals surface area contributed by atoms with Crippen LogP contribution in [0.5, 0.6) is 0 Å².